The molecule has 4 rings (SSSR count). The van der Waals surface area contributed by atoms with Crippen LogP contribution in [-0.4, -0.2) is 69.1 Å². The maximum absolute atomic E-state index is 13.0. The summed E-state index contributed by atoms with van der Waals surface area (Å²) in [4.78, 5) is 39.0. The summed E-state index contributed by atoms with van der Waals surface area (Å²) in [6, 6.07) is 6.93. The first-order valence-electron chi connectivity index (χ1n) is 10.1. The lowest BCUT2D eigenvalue weighted by Gasteiger charge is -2.24. The van der Waals surface area contributed by atoms with E-state index in [4.69, 9.17) is 9.15 Å². The number of fused-ring (bicyclic) bond motifs is 1. The molecule has 3 aromatic rings. The fraction of sp³-hybridized carbons (Fsp3) is 0.450. The van der Waals surface area contributed by atoms with Crippen LogP contribution in [0, 0.1) is 0 Å². The van der Waals surface area contributed by atoms with Gasteiger partial charge in [0.25, 0.3) is 5.91 Å². The van der Waals surface area contributed by atoms with Crippen molar-refractivity contribution in [2.24, 2.45) is 0 Å². The number of nitrogens with one attached hydrogen (secondary N) is 1. The third-order valence-electron chi connectivity index (χ3n) is 5.33. The quantitative estimate of drug-likeness (QED) is 0.510. The van der Waals surface area contributed by atoms with Crippen LogP contribution in [-0.2, 0) is 22.6 Å². The molecule has 2 aromatic heterocycles. The topological polar surface area (TPSA) is 124 Å². The van der Waals surface area contributed by atoms with Crippen LogP contribution in [0.25, 0.3) is 11.1 Å². The van der Waals surface area contributed by atoms with E-state index < -0.39 is 5.76 Å². The van der Waals surface area contributed by atoms with Crippen LogP contribution in [0.1, 0.15) is 23.3 Å². The van der Waals surface area contributed by atoms with Crippen LogP contribution in [0.15, 0.2) is 39.7 Å². The third-order valence-corrected chi connectivity index (χ3v) is 5.33. The SMILES string of the molecule is COCCNC(=O)c1cn(C[C@@H]2CCCN2C(=O)Cn2c(=O)oc3ccccc32)nn1. The minimum absolute atomic E-state index is 0.0864. The van der Waals surface area contributed by atoms with E-state index >= 15 is 0 Å². The number of hydrogen-bond acceptors (Lipinski definition) is 7. The molecule has 1 atom stereocenters. The molecule has 2 amide bonds. The summed E-state index contributed by atoms with van der Waals surface area (Å²) in [6.45, 7) is 1.73. The maximum Gasteiger partial charge on any atom is 0.420 e. The Hall–Kier alpha value is -3.47. The number of nitrogens with zero attached hydrogens (tertiary/aromatic N) is 5. The highest BCUT2D eigenvalue weighted by Gasteiger charge is 2.30. The molecule has 1 aliphatic rings. The number of oxazole rings is 1. The zero-order chi connectivity index (χ0) is 21.8. The number of rotatable bonds is 8. The molecule has 0 unspecified atom stereocenters. The fourth-order valence-electron chi connectivity index (χ4n) is 3.81. The van der Waals surface area contributed by atoms with Gasteiger partial charge in [0, 0.05) is 20.2 Å². The van der Waals surface area contributed by atoms with Gasteiger partial charge in [-0.3, -0.25) is 14.2 Å². The molecule has 3 heterocycles. The lowest BCUT2D eigenvalue weighted by Crippen LogP contribution is -2.41. The summed E-state index contributed by atoms with van der Waals surface area (Å²) in [6.07, 6.45) is 3.23. The Kier molecular flexibility index (Phi) is 6.12. The smallest absolute Gasteiger partial charge is 0.408 e. The van der Waals surface area contributed by atoms with Crippen molar-refractivity contribution in [2.75, 3.05) is 26.8 Å². The molecule has 0 spiro atoms. The first kappa shape index (κ1) is 20.8. The Balaban J connectivity index is 1.41. The van der Waals surface area contributed by atoms with Gasteiger partial charge in [0.1, 0.15) is 6.54 Å². The molecular weight excluding hydrogens is 404 g/mol. The van der Waals surface area contributed by atoms with Gasteiger partial charge in [0.15, 0.2) is 11.3 Å². The monoisotopic (exact) mass is 428 g/mol. The van der Waals surface area contributed by atoms with Crippen molar-refractivity contribution in [2.45, 2.75) is 32.0 Å². The number of benzene rings is 1. The van der Waals surface area contributed by atoms with Crippen molar-refractivity contribution in [3.63, 3.8) is 0 Å². The highest BCUT2D eigenvalue weighted by Crippen LogP contribution is 2.20. The number of carbonyl (C=O) groups is 2. The number of ether oxygens (including phenoxy) is 1. The predicted molar refractivity (Wildman–Crippen MR) is 109 cm³/mol. The normalized spacial score (nSPS) is 16.2. The molecule has 0 aliphatic carbocycles. The number of amides is 2. The molecule has 1 fully saturated rings. The van der Waals surface area contributed by atoms with Crippen molar-refractivity contribution in [3.05, 3.63) is 46.7 Å². The van der Waals surface area contributed by atoms with Gasteiger partial charge >= 0.3 is 5.76 Å². The average molecular weight is 428 g/mol. The first-order chi connectivity index (χ1) is 15.1. The molecular formula is C20H24N6O5. The van der Waals surface area contributed by atoms with E-state index in [0.29, 0.717) is 37.3 Å². The van der Waals surface area contributed by atoms with Gasteiger partial charge in [-0.2, -0.15) is 0 Å². The summed E-state index contributed by atoms with van der Waals surface area (Å²) in [7, 11) is 1.56. The summed E-state index contributed by atoms with van der Waals surface area (Å²) in [5.74, 6) is -1.03. The molecule has 0 radical (unpaired) electrons. The summed E-state index contributed by atoms with van der Waals surface area (Å²) < 4.78 is 13.0. The summed E-state index contributed by atoms with van der Waals surface area (Å²) in [5.41, 5.74) is 1.26. The van der Waals surface area contributed by atoms with Crippen molar-refractivity contribution in [3.8, 4) is 0 Å². The molecule has 1 N–H and O–H groups in total. The minimum Gasteiger partial charge on any atom is -0.408 e. The van der Waals surface area contributed by atoms with Crippen LogP contribution in [0.2, 0.25) is 0 Å². The van der Waals surface area contributed by atoms with E-state index in [9.17, 15) is 14.4 Å². The number of methoxy groups -OCH3 is 1. The molecule has 1 aromatic carbocycles. The second kappa shape index (κ2) is 9.13. The first-order valence-corrected chi connectivity index (χ1v) is 10.1. The highest BCUT2D eigenvalue weighted by molar-refractivity contribution is 5.91. The van der Waals surface area contributed by atoms with E-state index in [1.165, 1.54) is 4.57 Å². The van der Waals surface area contributed by atoms with Gasteiger partial charge in [0.2, 0.25) is 5.91 Å². The van der Waals surface area contributed by atoms with Crippen LogP contribution in [0.3, 0.4) is 0 Å². The third kappa shape index (κ3) is 4.50. The Morgan fingerprint density at radius 3 is 3.00 bits per heavy atom. The Morgan fingerprint density at radius 1 is 1.32 bits per heavy atom. The van der Waals surface area contributed by atoms with Gasteiger partial charge in [-0.1, -0.05) is 17.3 Å². The van der Waals surface area contributed by atoms with E-state index in [1.54, 1.807) is 47.2 Å². The lowest BCUT2D eigenvalue weighted by molar-refractivity contribution is -0.132. The molecule has 0 bridgehead atoms. The van der Waals surface area contributed by atoms with E-state index in [0.717, 1.165) is 12.8 Å². The second-order valence-corrected chi connectivity index (χ2v) is 7.38. The molecule has 0 saturated carbocycles. The predicted octanol–water partition coefficient (Wildman–Crippen LogP) is 0.253. The van der Waals surface area contributed by atoms with Crippen molar-refractivity contribution in [1.29, 1.82) is 0 Å². The van der Waals surface area contributed by atoms with Crippen molar-refractivity contribution in [1.82, 2.24) is 29.8 Å². The Morgan fingerprint density at radius 2 is 2.16 bits per heavy atom. The molecule has 11 heteroatoms. The highest BCUT2D eigenvalue weighted by atomic mass is 16.5. The van der Waals surface area contributed by atoms with Crippen LogP contribution < -0.4 is 11.1 Å². The van der Waals surface area contributed by atoms with Gasteiger partial charge in [-0.05, 0) is 25.0 Å². The molecule has 1 saturated heterocycles. The lowest BCUT2D eigenvalue weighted by atomic mass is 10.2. The number of likely N-dealkylation sites (tertiary alicyclic amines) is 1. The van der Waals surface area contributed by atoms with Crippen LogP contribution in [0.4, 0.5) is 0 Å². The zero-order valence-electron chi connectivity index (χ0n) is 17.2. The number of aromatic nitrogens is 4. The molecule has 11 nitrogen and oxygen atoms in total. The van der Waals surface area contributed by atoms with Gasteiger partial charge < -0.3 is 19.4 Å². The van der Waals surface area contributed by atoms with Crippen LogP contribution >= 0.6 is 0 Å². The molecule has 31 heavy (non-hydrogen) atoms. The molecule has 164 valence electrons. The maximum atomic E-state index is 13.0. The van der Waals surface area contributed by atoms with Gasteiger partial charge in [-0.25, -0.2) is 9.48 Å². The Labute approximate surface area is 177 Å². The van der Waals surface area contributed by atoms with Gasteiger partial charge in [-0.15, -0.1) is 5.10 Å². The van der Waals surface area contributed by atoms with E-state index in [-0.39, 0.29) is 30.1 Å². The van der Waals surface area contributed by atoms with Crippen molar-refractivity contribution >= 4 is 22.9 Å². The second-order valence-electron chi connectivity index (χ2n) is 7.38. The summed E-state index contributed by atoms with van der Waals surface area (Å²) >= 11 is 0. The number of carbonyl (C=O) groups excluding carboxylic acids is 2. The largest absolute Gasteiger partial charge is 0.420 e. The number of hydrogen-bond donors (Lipinski definition) is 1. The fourth-order valence-corrected chi connectivity index (χ4v) is 3.81. The standard InChI is InChI=1S/C20H24N6O5/c1-30-10-8-21-19(28)15-12-24(23-22-15)11-14-5-4-9-25(14)18(27)13-26-16-6-2-3-7-17(16)31-20(26)29/h2-3,6-7,12,14H,4-5,8-11,13H2,1H3,(H,21,28)/t14-/m0/s1. The minimum atomic E-state index is -0.550. The summed E-state index contributed by atoms with van der Waals surface area (Å²) in [5, 5.41) is 10.6. The average Bonchev–Trinajstić information content (AvgIpc) is 3.48. The van der Waals surface area contributed by atoms with Gasteiger partial charge in [0.05, 0.1) is 30.9 Å². The zero-order valence-corrected chi connectivity index (χ0v) is 17.2. The number of para-hydroxylation sites is 2. The molecule has 1 aliphatic heterocycles. The van der Waals surface area contributed by atoms with Crippen LogP contribution in [0.5, 0.6) is 0 Å². The Bertz CT molecular complexity index is 1130. The van der Waals surface area contributed by atoms with E-state index in [2.05, 4.69) is 15.6 Å². The van der Waals surface area contributed by atoms with Crippen molar-refractivity contribution < 1.29 is 18.7 Å². The van der Waals surface area contributed by atoms with E-state index in [1.807, 2.05) is 0 Å².